The Kier molecular flexibility index (Phi) is 19.3. The molecule has 0 saturated carbocycles. The number of benzene rings is 2. The van der Waals surface area contributed by atoms with Crippen molar-refractivity contribution in [1.82, 2.24) is 0 Å². The maximum atomic E-state index is 13.0. The lowest BCUT2D eigenvalue weighted by atomic mass is 9.94. The van der Waals surface area contributed by atoms with E-state index in [-0.39, 0.29) is 18.0 Å². The van der Waals surface area contributed by atoms with Crippen LogP contribution in [0, 0.1) is 10.1 Å². The molecule has 6 rings (SSSR count). The molecule has 4 fully saturated rings. The highest BCUT2D eigenvalue weighted by molar-refractivity contribution is 5.70. The molecule has 16 atom stereocenters. The highest BCUT2D eigenvalue weighted by Gasteiger charge is 2.61. The summed E-state index contributed by atoms with van der Waals surface area (Å²) in [5.41, 5.74) is 0.177. The molecule has 27 heteroatoms. The minimum Gasteiger partial charge on any atom is -0.463 e. The summed E-state index contributed by atoms with van der Waals surface area (Å²) in [6, 6.07) is 13.3. The molecule has 0 spiro atoms. The van der Waals surface area contributed by atoms with Gasteiger partial charge in [-0.05, 0) is 12.1 Å². The Labute approximate surface area is 421 Å². The van der Waals surface area contributed by atoms with E-state index in [2.05, 4.69) is 0 Å². The van der Waals surface area contributed by atoms with Crippen LogP contribution in [0.4, 0.5) is 5.69 Å². The molecule has 74 heavy (non-hydrogen) atoms. The number of nitro groups is 1. The van der Waals surface area contributed by atoms with Crippen molar-refractivity contribution < 1.29 is 119 Å². The summed E-state index contributed by atoms with van der Waals surface area (Å²) in [6.07, 6.45) is -26.5. The number of hydrogen-bond acceptors (Lipinski definition) is 26. The fraction of sp³-hybridized carbons (Fsp3) is 0.574. The summed E-state index contributed by atoms with van der Waals surface area (Å²) in [6.45, 7) is 6.65. The van der Waals surface area contributed by atoms with Crippen LogP contribution in [0.1, 0.15) is 67.2 Å². The van der Waals surface area contributed by atoms with Crippen LogP contribution in [-0.4, -0.2) is 165 Å². The molecule has 16 unspecified atom stereocenters. The molecule has 0 bridgehead atoms. The Morgan fingerprint density at radius 1 is 0.500 bits per heavy atom. The predicted octanol–water partition coefficient (Wildman–Crippen LogP) is 1.75. The summed E-state index contributed by atoms with van der Waals surface area (Å²) in [5.74, 6) is -7.42. The zero-order valence-electron chi connectivity index (χ0n) is 41.1. The number of hydrogen-bond donors (Lipinski definition) is 0. The molecule has 2 aromatic rings. The van der Waals surface area contributed by atoms with E-state index in [1.165, 1.54) is 12.1 Å². The van der Waals surface area contributed by atoms with Crippen LogP contribution in [-0.2, 0) is 109 Å². The Balaban J connectivity index is 1.56. The third kappa shape index (κ3) is 14.9. The van der Waals surface area contributed by atoms with E-state index in [0.29, 0.717) is 5.56 Å². The molecule has 0 aliphatic carbocycles. The quantitative estimate of drug-likeness (QED) is 0.0888. The van der Waals surface area contributed by atoms with Gasteiger partial charge in [-0.1, -0.05) is 30.3 Å². The number of fused-ring (bicyclic) bond motifs is 1. The Morgan fingerprint density at radius 3 is 1.36 bits per heavy atom. The third-order valence-corrected chi connectivity index (χ3v) is 11.1. The first-order valence-electron chi connectivity index (χ1n) is 22.9. The second kappa shape index (κ2) is 25.4. The first kappa shape index (κ1) is 56.4. The number of esters is 8. The van der Waals surface area contributed by atoms with Crippen molar-refractivity contribution in [3.05, 3.63) is 70.3 Å². The van der Waals surface area contributed by atoms with Gasteiger partial charge in [-0.2, -0.15) is 0 Å². The first-order valence-corrected chi connectivity index (χ1v) is 22.9. The summed E-state index contributed by atoms with van der Waals surface area (Å²) < 4.78 is 96.3. The number of ether oxygens (including phenoxy) is 16. The monoisotopic (exact) mass is 1050 g/mol. The first-order chi connectivity index (χ1) is 35.1. The Morgan fingerprint density at radius 2 is 0.932 bits per heavy atom. The maximum absolute atomic E-state index is 13.0. The molecule has 2 aromatic carbocycles. The van der Waals surface area contributed by atoms with E-state index < -0.39 is 164 Å². The Bertz CT molecular complexity index is 2350. The molecule has 4 saturated heterocycles. The van der Waals surface area contributed by atoms with Crippen LogP contribution < -0.4 is 4.74 Å². The standard InChI is InChI=1S/C47H55NO26/c1-21(49)59-18-32-35(62-23(3)51)38(64-25(5)53)41(66-27(7)55)46(70-32)73-40-37-34(20-61-44(72-37)29-12-10-9-11-13-29)69-45(68-31-16-14-30(15-17-31)48(57)58)43(40)74-47-42(67-28(8)56)39(65-26(6)54)36(63-24(4)52)33(71-47)19-60-22(2)50/h9-17,32-47H,18-20H2,1-8H3. The topological polar surface area (TPSA) is 327 Å². The second-order valence-corrected chi connectivity index (χ2v) is 16.9. The van der Waals surface area contributed by atoms with Crippen LogP contribution >= 0.6 is 0 Å². The van der Waals surface area contributed by atoms with Gasteiger partial charge in [-0.15, -0.1) is 0 Å². The lowest BCUT2D eigenvalue weighted by Crippen LogP contribution is -2.70. The molecular formula is C47H55NO26. The third-order valence-electron chi connectivity index (χ3n) is 11.1. The summed E-state index contributed by atoms with van der Waals surface area (Å²) in [4.78, 5) is 112. The zero-order chi connectivity index (χ0) is 54.0. The number of non-ortho nitro benzene ring substituents is 1. The fourth-order valence-electron chi connectivity index (χ4n) is 8.41. The van der Waals surface area contributed by atoms with Crippen LogP contribution in [0.5, 0.6) is 5.75 Å². The molecule has 27 nitrogen and oxygen atoms in total. The predicted molar refractivity (Wildman–Crippen MR) is 236 cm³/mol. The smallest absolute Gasteiger partial charge is 0.303 e. The van der Waals surface area contributed by atoms with Crippen molar-refractivity contribution in [1.29, 1.82) is 0 Å². The molecule has 4 aliphatic heterocycles. The van der Waals surface area contributed by atoms with Gasteiger partial charge >= 0.3 is 47.8 Å². The summed E-state index contributed by atoms with van der Waals surface area (Å²) >= 11 is 0. The average molecular weight is 1050 g/mol. The van der Waals surface area contributed by atoms with Gasteiger partial charge in [0.1, 0.15) is 49.5 Å². The zero-order valence-corrected chi connectivity index (χ0v) is 41.1. The van der Waals surface area contributed by atoms with Crippen molar-refractivity contribution in [3.8, 4) is 5.75 Å². The van der Waals surface area contributed by atoms with Crippen molar-refractivity contribution in [2.24, 2.45) is 0 Å². The van der Waals surface area contributed by atoms with E-state index in [9.17, 15) is 48.5 Å². The molecule has 0 radical (unpaired) electrons. The largest absolute Gasteiger partial charge is 0.463 e. The molecule has 404 valence electrons. The molecule has 0 amide bonds. The van der Waals surface area contributed by atoms with Crippen LogP contribution in [0.3, 0.4) is 0 Å². The highest BCUT2D eigenvalue weighted by atomic mass is 16.8. The van der Waals surface area contributed by atoms with Gasteiger partial charge in [0.05, 0.1) is 11.5 Å². The lowest BCUT2D eigenvalue weighted by Gasteiger charge is -2.52. The van der Waals surface area contributed by atoms with Gasteiger partial charge in [0.15, 0.2) is 61.6 Å². The minimum atomic E-state index is -1.98. The second-order valence-electron chi connectivity index (χ2n) is 16.9. The maximum Gasteiger partial charge on any atom is 0.303 e. The SMILES string of the molecule is CC(=O)OCC1OC(OC2C(Oc3ccc([N+](=O)[O-])cc3)OC3COC(c4ccccc4)OC3C2OC2OC(COC(C)=O)C(OC(C)=O)C(OC(C)=O)C2OC(C)=O)C(OC(C)=O)C(OC(C)=O)C1OC(C)=O. The summed E-state index contributed by atoms with van der Waals surface area (Å²) in [5, 5.41) is 11.7. The number of rotatable bonds is 18. The highest BCUT2D eigenvalue weighted by Crippen LogP contribution is 2.42. The number of carbonyl (C=O) groups excluding carboxylic acids is 8. The average Bonchev–Trinajstić information content (AvgIpc) is 3.31. The van der Waals surface area contributed by atoms with E-state index in [1.54, 1.807) is 30.3 Å². The molecule has 4 aliphatic rings. The Hall–Kier alpha value is -6.88. The van der Waals surface area contributed by atoms with Crippen molar-refractivity contribution in [2.75, 3.05) is 19.8 Å². The van der Waals surface area contributed by atoms with Crippen molar-refractivity contribution in [2.45, 2.75) is 154 Å². The lowest BCUT2D eigenvalue weighted by molar-refractivity contribution is -0.407. The van der Waals surface area contributed by atoms with E-state index in [0.717, 1.165) is 67.5 Å². The number of nitro benzene ring substituents is 1. The summed E-state index contributed by atoms with van der Waals surface area (Å²) in [7, 11) is 0. The van der Waals surface area contributed by atoms with Crippen molar-refractivity contribution >= 4 is 53.4 Å². The van der Waals surface area contributed by atoms with Crippen molar-refractivity contribution in [3.63, 3.8) is 0 Å². The van der Waals surface area contributed by atoms with Gasteiger partial charge in [-0.25, -0.2) is 0 Å². The van der Waals surface area contributed by atoms with Crippen LogP contribution in [0.15, 0.2) is 54.6 Å². The van der Waals surface area contributed by atoms with Gasteiger partial charge in [0, 0.05) is 73.1 Å². The van der Waals surface area contributed by atoms with Gasteiger partial charge in [-0.3, -0.25) is 48.5 Å². The number of nitrogens with zero attached hydrogens (tertiary/aromatic N) is 1. The molecule has 0 N–H and O–H groups in total. The number of carbonyl (C=O) groups is 8. The van der Waals surface area contributed by atoms with Gasteiger partial charge in [0.25, 0.3) is 5.69 Å². The van der Waals surface area contributed by atoms with Gasteiger partial charge in [0.2, 0.25) is 6.29 Å². The van der Waals surface area contributed by atoms with E-state index in [4.69, 9.17) is 75.8 Å². The molecular weight excluding hydrogens is 994 g/mol. The van der Waals surface area contributed by atoms with E-state index >= 15 is 0 Å². The molecule has 4 heterocycles. The fourth-order valence-corrected chi connectivity index (χ4v) is 8.41. The normalized spacial score (nSPS) is 31.4. The van der Waals surface area contributed by atoms with E-state index in [1.807, 2.05) is 0 Å². The van der Waals surface area contributed by atoms with Crippen LogP contribution in [0.25, 0.3) is 0 Å². The van der Waals surface area contributed by atoms with Crippen LogP contribution in [0.2, 0.25) is 0 Å². The van der Waals surface area contributed by atoms with Gasteiger partial charge < -0.3 is 75.8 Å². The molecule has 0 aromatic heterocycles. The minimum absolute atomic E-state index is 0.0694.